The van der Waals surface area contributed by atoms with E-state index in [1.54, 1.807) is 4.90 Å². The molecule has 2 unspecified atom stereocenters. The monoisotopic (exact) mass is 205 g/mol. The van der Waals surface area contributed by atoms with Crippen molar-refractivity contribution in [3.63, 3.8) is 0 Å². The number of alkyl halides is 2. The molecular formula is C9H13F2NO2. The fraction of sp³-hybridized carbons (Fsp3) is 0.889. The van der Waals surface area contributed by atoms with Gasteiger partial charge in [0.2, 0.25) is 0 Å². The van der Waals surface area contributed by atoms with Crippen molar-refractivity contribution >= 4 is 5.97 Å². The van der Waals surface area contributed by atoms with Crippen molar-refractivity contribution in [3.05, 3.63) is 0 Å². The molecule has 1 saturated carbocycles. The van der Waals surface area contributed by atoms with E-state index in [1.165, 1.54) is 0 Å². The van der Waals surface area contributed by atoms with Crippen LogP contribution in [0, 0.1) is 11.8 Å². The van der Waals surface area contributed by atoms with Crippen LogP contribution in [0.5, 0.6) is 0 Å². The van der Waals surface area contributed by atoms with E-state index in [0.717, 1.165) is 0 Å². The summed E-state index contributed by atoms with van der Waals surface area (Å²) in [5.41, 5.74) is 0. The molecule has 1 aliphatic carbocycles. The average molecular weight is 205 g/mol. The molecule has 1 aliphatic heterocycles. The first kappa shape index (κ1) is 9.83. The Morgan fingerprint density at radius 2 is 2.21 bits per heavy atom. The van der Waals surface area contributed by atoms with Gasteiger partial charge in [-0.05, 0) is 12.3 Å². The van der Waals surface area contributed by atoms with Crippen LogP contribution in [-0.2, 0) is 4.79 Å². The zero-order valence-electron chi connectivity index (χ0n) is 7.75. The predicted molar refractivity (Wildman–Crippen MR) is 45.2 cm³/mol. The highest BCUT2D eigenvalue weighted by molar-refractivity contribution is 5.69. The maximum atomic E-state index is 13.2. The maximum Gasteiger partial charge on any atom is 0.317 e. The molecule has 0 aromatic heterocycles. The van der Waals surface area contributed by atoms with Gasteiger partial charge in [0.25, 0.3) is 5.92 Å². The number of halogens is 2. The van der Waals surface area contributed by atoms with Crippen LogP contribution in [-0.4, -0.2) is 41.5 Å². The van der Waals surface area contributed by atoms with Crippen molar-refractivity contribution in [3.8, 4) is 0 Å². The summed E-state index contributed by atoms with van der Waals surface area (Å²) in [5, 5.41) is 8.54. The largest absolute Gasteiger partial charge is 0.480 e. The second kappa shape index (κ2) is 3.15. The maximum absolute atomic E-state index is 13.2. The molecule has 80 valence electrons. The number of likely N-dealkylation sites (tertiary alicyclic amines) is 1. The van der Waals surface area contributed by atoms with Gasteiger partial charge in [-0.3, -0.25) is 9.69 Å². The first-order valence-electron chi connectivity index (χ1n) is 4.81. The number of rotatable bonds is 2. The molecule has 14 heavy (non-hydrogen) atoms. The number of aliphatic carboxylic acids is 1. The Morgan fingerprint density at radius 1 is 1.50 bits per heavy atom. The van der Waals surface area contributed by atoms with E-state index in [1.807, 2.05) is 0 Å². The molecule has 1 saturated heterocycles. The fourth-order valence-corrected chi connectivity index (χ4v) is 2.62. The molecule has 0 spiro atoms. The molecule has 2 fully saturated rings. The van der Waals surface area contributed by atoms with Gasteiger partial charge in [-0.25, -0.2) is 8.78 Å². The topological polar surface area (TPSA) is 40.5 Å². The molecule has 0 bridgehead atoms. The van der Waals surface area contributed by atoms with Crippen molar-refractivity contribution in [2.45, 2.75) is 18.8 Å². The summed E-state index contributed by atoms with van der Waals surface area (Å²) < 4.78 is 26.5. The van der Waals surface area contributed by atoms with Crippen LogP contribution >= 0.6 is 0 Å². The number of carboxylic acid groups (broad SMARTS) is 1. The van der Waals surface area contributed by atoms with Crippen LogP contribution in [0.2, 0.25) is 0 Å². The predicted octanol–water partition coefficient (Wildman–Crippen LogP) is 1.05. The van der Waals surface area contributed by atoms with Gasteiger partial charge in [-0.1, -0.05) is 0 Å². The number of carboxylic acids is 1. The van der Waals surface area contributed by atoms with E-state index in [-0.39, 0.29) is 25.4 Å². The molecule has 0 aromatic rings. The minimum atomic E-state index is -2.57. The highest BCUT2D eigenvalue weighted by Gasteiger charge is 2.53. The molecule has 2 atom stereocenters. The van der Waals surface area contributed by atoms with Gasteiger partial charge in [0, 0.05) is 25.4 Å². The third-order valence-corrected chi connectivity index (χ3v) is 3.27. The second-order valence-electron chi connectivity index (χ2n) is 4.25. The third kappa shape index (κ3) is 1.61. The number of fused-ring (bicyclic) bond motifs is 1. The Bertz CT molecular complexity index is 257. The zero-order chi connectivity index (χ0) is 10.3. The van der Waals surface area contributed by atoms with Crippen LogP contribution in [0.3, 0.4) is 0 Å². The van der Waals surface area contributed by atoms with Crippen molar-refractivity contribution in [2.24, 2.45) is 11.8 Å². The van der Waals surface area contributed by atoms with Crippen LogP contribution in [0.4, 0.5) is 8.78 Å². The molecule has 0 radical (unpaired) electrons. The van der Waals surface area contributed by atoms with E-state index in [2.05, 4.69) is 0 Å². The summed E-state index contributed by atoms with van der Waals surface area (Å²) >= 11 is 0. The zero-order valence-corrected chi connectivity index (χ0v) is 7.75. The Kier molecular flexibility index (Phi) is 2.21. The van der Waals surface area contributed by atoms with Crippen molar-refractivity contribution in [1.29, 1.82) is 0 Å². The van der Waals surface area contributed by atoms with E-state index in [4.69, 9.17) is 5.11 Å². The normalized spacial score (nSPS) is 35.9. The van der Waals surface area contributed by atoms with E-state index in [9.17, 15) is 13.6 Å². The third-order valence-electron chi connectivity index (χ3n) is 3.27. The van der Waals surface area contributed by atoms with Crippen molar-refractivity contribution in [1.82, 2.24) is 4.90 Å². The first-order valence-corrected chi connectivity index (χ1v) is 4.81. The van der Waals surface area contributed by atoms with Crippen LogP contribution < -0.4 is 0 Å². The minimum absolute atomic E-state index is 0.00403. The highest BCUT2D eigenvalue weighted by Crippen LogP contribution is 2.47. The molecule has 0 aromatic carbocycles. The summed E-state index contributed by atoms with van der Waals surface area (Å²) in [7, 11) is 0. The second-order valence-corrected chi connectivity index (χ2v) is 4.25. The summed E-state index contributed by atoms with van der Waals surface area (Å²) in [6.45, 7) is 0.652. The van der Waals surface area contributed by atoms with Crippen LogP contribution in [0.1, 0.15) is 12.8 Å². The summed E-state index contributed by atoms with van der Waals surface area (Å²) in [5.74, 6) is -4.11. The van der Waals surface area contributed by atoms with Gasteiger partial charge >= 0.3 is 5.97 Å². The fourth-order valence-electron chi connectivity index (χ4n) is 2.62. The molecule has 0 amide bonds. The Morgan fingerprint density at radius 3 is 2.79 bits per heavy atom. The smallest absolute Gasteiger partial charge is 0.317 e. The van der Waals surface area contributed by atoms with Gasteiger partial charge in [0.1, 0.15) is 0 Å². The lowest BCUT2D eigenvalue weighted by atomic mass is 9.99. The first-order chi connectivity index (χ1) is 6.49. The van der Waals surface area contributed by atoms with E-state index in [0.29, 0.717) is 13.0 Å². The van der Waals surface area contributed by atoms with Crippen molar-refractivity contribution < 1.29 is 18.7 Å². The van der Waals surface area contributed by atoms with Gasteiger partial charge in [-0.15, -0.1) is 0 Å². The SMILES string of the molecule is O=C(O)CN1CC2CCC(F)(F)C2C1. The summed E-state index contributed by atoms with van der Waals surface area (Å²) in [6, 6.07) is 0. The highest BCUT2D eigenvalue weighted by atomic mass is 19.3. The lowest BCUT2D eigenvalue weighted by molar-refractivity contribution is -0.138. The molecular weight excluding hydrogens is 192 g/mol. The van der Waals surface area contributed by atoms with E-state index < -0.39 is 17.8 Å². The van der Waals surface area contributed by atoms with Crippen LogP contribution in [0.25, 0.3) is 0 Å². The number of hydrogen-bond donors (Lipinski definition) is 1. The van der Waals surface area contributed by atoms with Gasteiger partial charge in [0.15, 0.2) is 0 Å². The standard InChI is InChI=1S/C9H13F2NO2/c10-9(11)2-1-6-3-12(4-7(6)9)5-8(13)14/h6-7H,1-5H2,(H,13,14). The Balaban J connectivity index is 1.98. The molecule has 1 heterocycles. The summed E-state index contributed by atoms with van der Waals surface area (Å²) in [4.78, 5) is 12.0. The Hall–Kier alpha value is -0.710. The van der Waals surface area contributed by atoms with Gasteiger partial charge in [-0.2, -0.15) is 0 Å². The number of carbonyl (C=O) groups is 1. The van der Waals surface area contributed by atoms with E-state index >= 15 is 0 Å². The van der Waals surface area contributed by atoms with Gasteiger partial charge < -0.3 is 5.11 Å². The minimum Gasteiger partial charge on any atom is -0.480 e. The van der Waals surface area contributed by atoms with Gasteiger partial charge in [0.05, 0.1) is 6.54 Å². The summed E-state index contributed by atoms with van der Waals surface area (Å²) in [6.07, 6.45) is 0.511. The molecule has 1 N–H and O–H groups in total. The van der Waals surface area contributed by atoms with Crippen molar-refractivity contribution in [2.75, 3.05) is 19.6 Å². The Labute approximate surface area is 80.7 Å². The average Bonchev–Trinajstić information content (AvgIpc) is 2.53. The quantitative estimate of drug-likeness (QED) is 0.732. The number of nitrogens with zero attached hydrogens (tertiary/aromatic N) is 1. The lowest BCUT2D eigenvalue weighted by Crippen LogP contribution is -2.32. The molecule has 2 rings (SSSR count). The molecule has 2 aliphatic rings. The van der Waals surface area contributed by atoms with Crippen LogP contribution in [0.15, 0.2) is 0 Å². The number of hydrogen-bond acceptors (Lipinski definition) is 2. The molecule has 3 nitrogen and oxygen atoms in total. The molecule has 5 heteroatoms. The lowest BCUT2D eigenvalue weighted by Gasteiger charge is -2.18.